The third-order valence-corrected chi connectivity index (χ3v) is 3.99. The van der Waals surface area contributed by atoms with Crippen LogP contribution in [-0.4, -0.2) is 4.98 Å². The third kappa shape index (κ3) is 1.98. The van der Waals surface area contributed by atoms with Gasteiger partial charge in [-0.25, -0.2) is 0 Å². The Bertz CT molecular complexity index is 940. The van der Waals surface area contributed by atoms with Crippen LogP contribution in [-0.2, 0) is 0 Å². The molecule has 4 aromatic rings. The number of benzene rings is 3. The van der Waals surface area contributed by atoms with Gasteiger partial charge in [-0.2, -0.15) is 0 Å². The summed E-state index contributed by atoms with van der Waals surface area (Å²) in [5, 5.41) is 3.65. The maximum atomic E-state index is 4.88. The SMILES string of the molecule is Cc1nc2c(ccc3ccccc32)cc1-c1ccccc1. The maximum Gasteiger partial charge on any atom is 0.0783 e. The lowest BCUT2D eigenvalue weighted by molar-refractivity contribution is 1.26. The van der Waals surface area contributed by atoms with Crippen molar-refractivity contribution in [1.29, 1.82) is 0 Å². The minimum absolute atomic E-state index is 1.07. The van der Waals surface area contributed by atoms with Crippen LogP contribution in [0.25, 0.3) is 32.8 Å². The summed E-state index contributed by atoms with van der Waals surface area (Å²) in [6, 6.07) is 25.5. The lowest BCUT2D eigenvalue weighted by atomic mass is 10.00. The van der Waals surface area contributed by atoms with Crippen LogP contribution in [0.4, 0.5) is 0 Å². The third-order valence-electron chi connectivity index (χ3n) is 3.99. The highest BCUT2D eigenvalue weighted by Crippen LogP contribution is 2.29. The number of hydrogen-bond acceptors (Lipinski definition) is 1. The zero-order valence-electron chi connectivity index (χ0n) is 11.9. The molecule has 0 fully saturated rings. The molecule has 4 rings (SSSR count). The van der Waals surface area contributed by atoms with Crippen LogP contribution in [0, 0.1) is 6.92 Å². The molecule has 0 bridgehead atoms. The van der Waals surface area contributed by atoms with Gasteiger partial charge in [0.05, 0.1) is 5.52 Å². The van der Waals surface area contributed by atoms with E-state index < -0.39 is 0 Å². The van der Waals surface area contributed by atoms with Crippen molar-refractivity contribution in [3.8, 4) is 11.1 Å². The fourth-order valence-corrected chi connectivity index (χ4v) is 2.91. The Kier molecular flexibility index (Phi) is 2.71. The van der Waals surface area contributed by atoms with Gasteiger partial charge in [-0.1, -0.05) is 66.7 Å². The monoisotopic (exact) mass is 269 g/mol. The second-order valence-electron chi connectivity index (χ2n) is 5.35. The summed E-state index contributed by atoms with van der Waals surface area (Å²) in [5.74, 6) is 0. The highest BCUT2D eigenvalue weighted by molar-refractivity contribution is 6.06. The highest BCUT2D eigenvalue weighted by Gasteiger charge is 2.07. The zero-order chi connectivity index (χ0) is 14.2. The van der Waals surface area contributed by atoms with Gasteiger partial charge in [0, 0.05) is 22.0 Å². The molecule has 100 valence electrons. The number of pyridine rings is 1. The molecule has 0 aliphatic heterocycles. The lowest BCUT2D eigenvalue weighted by Crippen LogP contribution is -1.90. The molecule has 0 aliphatic carbocycles. The van der Waals surface area contributed by atoms with Gasteiger partial charge in [-0.15, -0.1) is 0 Å². The molecule has 1 aromatic heterocycles. The van der Waals surface area contributed by atoms with Gasteiger partial charge < -0.3 is 0 Å². The zero-order valence-corrected chi connectivity index (χ0v) is 11.9. The van der Waals surface area contributed by atoms with E-state index in [2.05, 4.69) is 73.7 Å². The molecular weight excluding hydrogens is 254 g/mol. The molecule has 0 atom stereocenters. The van der Waals surface area contributed by atoms with Gasteiger partial charge in [-0.05, 0) is 23.9 Å². The molecule has 0 radical (unpaired) electrons. The number of nitrogens with zero attached hydrogens (tertiary/aromatic N) is 1. The predicted octanol–water partition coefficient (Wildman–Crippen LogP) is 5.36. The van der Waals surface area contributed by atoms with Crippen LogP contribution in [0.15, 0.2) is 72.8 Å². The highest BCUT2D eigenvalue weighted by atomic mass is 14.7. The lowest BCUT2D eigenvalue weighted by Gasteiger charge is -2.09. The molecule has 1 heteroatoms. The topological polar surface area (TPSA) is 12.9 Å². The minimum Gasteiger partial charge on any atom is -0.252 e. The van der Waals surface area contributed by atoms with Crippen LogP contribution in [0.3, 0.4) is 0 Å². The first kappa shape index (κ1) is 12.1. The number of rotatable bonds is 1. The van der Waals surface area contributed by atoms with Gasteiger partial charge in [0.25, 0.3) is 0 Å². The van der Waals surface area contributed by atoms with Crippen molar-refractivity contribution in [3.05, 3.63) is 78.5 Å². The predicted molar refractivity (Wildman–Crippen MR) is 89.4 cm³/mol. The smallest absolute Gasteiger partial charge is 0.0783 e. The summed E-state index contributed by atoms with van der Waals surface area (Å²) >= 11 is 0. The first-order valence-electron chi connectivity index (χ1n) is 7.17. The molecule has 0 saturated heterocycles. The number of fused-ring (bicyclic) bond motifs is 3. The Balaban J connectivity index is 2.05. The summed E-state index contributed by atoms with van der Waals surface area (Å²) < 4.78 is 0. The van der Waals surface area contributed by atoms with E-state index in [1.165, 1.54) is 27.3 Å². The van der Waals surface area contributed by atoms with Crippen molar-refractivity contribution in [2.45, 2.75) is 6.92 Å². The van der Waals surface area contributed by atoms with E-state index in [0.29, 0.717) is 0 Å². The average Bonchev–Trinajstić information content (AvgIpc) is 2.55. The van der Waals surface area contributed by atoms with Crippen LogP contribution in [0.5, 0.6) is 0 Å². The van der Waals surface area contributed by atoms with Crippen molar-refractivity contribution in [1.82, 2.24) is 4.98 Å². The number of hydrogen-bond donors (Lipinski definition) is 0. The van der Waals surface area contributed by atoms with E-state index in [1.807, 2.05) is 6.07 Å². The van der Waals surface area contributed by atoms with Crippen molar-refractivity contribution in [3.63, 3.8) is 0 Å². The van der Waals surface area contributed by atoms with Crippen molar-refractivity contribution < 1.29 is 0 Å². The molecule has 0 N–H and O–H groups in total. The maximum absolute atomic E-state index is 4.88. The second kappa shape index (κ2) is 4.71. The molecule has 1 nitrogen and oxygen atoms in total. The number of aromatic nitrogens is 1. The Morgan fingerprint density at radius 1 is 0.714 bits per heavy atom. The summed E-state index contributed by atoms with van der Waals surface area (Å²) in [5.41, 5.74) is 4.59. The Hall–Kier alpha value is -2.67. The molecular formula is C20H15N. The van der Waals surface area contributed by atoms with Gasteiger partial charge in [0.15, 0.2) is 0 Å². The molecule has 0 spiro atoms. The van der Waals surface area contributed by atoms with Gasteiger partial charge in [0.2, 0.25) is 0 Å². The fourth-order valence-electron chi connectivity index (χ4n) is 2.91. The van der Waals surface area contributed by atoms with Crippen molar-refractivity contribution >= 4 is 21.7 Å². The van der Waals surface area contributed by atoms with E-state index >= 15 is 0 Å². The Morgan fingerprint density at radius 3 is 2.29 bits per heavy atom. The summed E-state index contributed by atoms with van der Waals surface area (Å²) in [7, 11) is 0. The Labute approximate surface area is 123 Å². The first-order valence-corrected chi connectivity index (χ1v) is 7.17. The largest absolute Gasteiger partial charge is 0.252 e. The molecule has 0 saturated carbocycles. The molecule has 1 heterocycles. The molecule has 21 heavy (non-hydrogen) atoms. The van der Waals surface area contributed by atoms with Crippen molar-refractivity contribution in [2.75, 3.05) is 0 Å². The first-order chi connectivity index (χ1) is 10.3. The summed E-state index contributed by atoms with van der Waals surface area (Å²) in [6.07, 6.45) is 0. The summed E-state index contributed by atoms with van der Waals surface area (Å²) in [4.78, 5) is 4.88. The molecule has 0 unspecified atom stereocenters. The molecule has 0 amide bonds. The molecule has 3 aromatic carbocycles. The minimum atomic E-state index is 1.07. The normalized spacial score (nSPS) is 11.1. The van der Waals surface area contributed by atoms with Crippen LogP contribution in [0.2, 0.25) is 0 Å². The quantitative estimate of drug-likeness (QED) is 0.424. The number of aryl methyl sites for hydroxylation is 1. The standard InChI is InChI=1S/C20H15N/c1-14-19(15-7-3-2-4-8-15)13-17-12-11-16-9-5-6-10-18(16)20(17)21-14/h2-13H,1H3. The van der Waals surface area contributed by atoms with Crippen LogP contribution >= 0.6 is 0 Å². The van der Waals surface area contributed by atoms with E-state index in [1.54, 1.807) is 0 Å². The van der Waals surface area contributed by atoms with E-state index in [-0.39, 0.29) is 0 Å². The summed E-state index contributed by atoms with van der Waals surface area (Å²) in [6.45, 7) is 2.09. The average molecular weight is 269 g/mol. The van der Waals surface area contributed by atoms with Crippen LogP contribution in [0.1, 0.15) is 5.69 Å². The van der Waals surface area contributed by atoms with E-state index in [4.69, 9.17) is 4.98 Å². The second-order valence-corrected chi connectivity index (χ2v) is 5.35. The van der Waals surface area contributed by atoms with E-state index in [0.717, 1.165) is 11.2 Å². The Morgan fingerprint density at radius 2 is 1.43 bits per heavy atom. The van der Waals surface area contributed by atoms with E-state index in [9.17, 15) is 0 Å². The van der Waals surface area contributed by atoms with Crippen LogP contribution < -0.4 is 0 Å². The van der Waals surface area contributed by atoms with Gasteiger partial charge in [-0.3, -0.25) is 4.98 Å². The molecule has 0 aliphatic rings. The fraction of sp³-hybridized carbons (Fsp3) is 0.0500. The van der Waals surface area contributed by atoms with Gasteiger partial charge >= 0.3 is 0 Å². The van der Waals surface area contributed by atoms with Crippen molar-refractivity contribution in [2.24, 2.45) is 0 Å². The van der Waals surface area contributed by atoms with Gasteiger partial charge in [0.1, 0.15) is 0 Å².